The van der Waals surface area contributed by atoms with Gasteiger partial charge in [-0.25, -0.2) is 13.1 Å². The quantitative estimate of drug-likeness (QED) is 0.721. The molecule has 0 radical (unpaired) electrons. The van der Waals surface area contributed by atoms with E-state index >= 15 is 0 Å². The Morgan fingerprint density at radius 1 is 1.28 bits per heavy atom. The van der Waals surface area contributed by atoms with Gasteiger partial charge in [0.25, 0.3) is 0 Å². The van der Waals surface area contributed by atoms with Crippen molar-refractivity contribution in [2.75, 3.05) is 6.54 Å². The van der Waals surface area contributed by atoms with Crippen molar-refractivity contribution in [3.8, 4) is 16.6 Å². The van der Waals surface area contributed by atoms with Crippen LogP contribution in [0.15, 0.2) is 52.7 Å². The first kappa shape index (κ1) is 17.4. The van der Waals surface area contributed by atoms with Crippen LogP contribution >= 0.6 is 11.3 Å². The number of sulfonamides is 1. The Morgan fingerprint density at radius 2 is 2.04 bits per heavy atom. The second-order valence-electron chi connectivity index (χ2n) is 5.41. The van der Waals surface area contributed by atoms with Gasteiger partial charge in [-0.3, -0.25) is 4.68 Å². The first-order chi connectivity index (χ1) is 12.0. The molecule has 0 aliphatic heterocycles. The molecule has 0 aliphatic carbocycles. The van der Waals surface area contributed by atoms with Gasteiger partial charge in [0.15, 0.2) is 0 Å². The second-order valence-corrected chi connectivity index (χ2v) is 8.12. The number of rotatable bonds is 6. The van der Waals surface area contributed by atoms with E-state index < -0.39 is 10.0 Å². The van der Waals surface area contributed by atoms with Gasteiger partial charge < -0.3 is 0 Å². The van der Waals surface area contributed by atoms with Crippen molar-refractivity contribution in [1.29, 1.82) is 5.26 Å². The van der Waals surface area contributed by atoms with Crippen molar-refractivity contribution < 1.29 is 8.42 Å². The standard InChI is InChI=1S/C17H16N4O2S2/c1-13-11-16(17-3-2-10-24-17)20-21(13)9-8-19-25(22,23)15-6-4-14(12-18)5-7-15/h2-7,10-11,19H,8-9H2,1H3. The van der Waals surface area contributed by atoms with E-state index in [0.717, 1.165) is 16.3 Å². The molecule has 0 unspecified atom stereocenters. The molecule has 3 rings (SSSR count). The van der Waals surface area contributed by atoms with E-state index in [2.05, 4.69) is 9.82 Å². The van der Waals surface area contributed by atoms with Crippen molar-refractivity contribution in [3.05, 3.63) is 59.1 Å². The summed E-state index contributed by atoms with van der Waals surface area (Å²) in [7, 11) is -3.60. The fourth-order valence-electron chi connectivity index (χ4n) is 2.36. The zero-order chi connectivity index (χ0) is 17.9. The molecule has 0 atom stereocenters. The summed E-state index contributed by atoms with van der Waals surface area (Å²) in [5.41, 5.74) is 2.29. The Morgan fingerprint density at radius 3 is 2.68 bits per heavy atom. The van der Waals surface area contributed by atoms with Crippen LogP contribution in [0.4, 0.5) is 0 Å². The van der Waals surface area contributed by atoms with Crippen LogP contribution in [-0.2, 0) is 16.6 Å². The molecule has 3 aromatic rings. The van der Waals surface area contributed by atoms with E-state index in [-0.39, 0.29) is 11.4 Å². The molecular formula is C17H16N4O2S2. The van der Waals surface area contributed by atoms with Gasteiger partial charge in [-0.05, 0) is 48.7 Å². The molecule has 0 saturated carbocycles. The maximum absolute atomic E-state index is 12.3. The lowest BCUT2D eigenvalue weighted by molar-refractivity contribution is 0.556. The van der Waals surface area contributed by atoms with Crippen LogP contribution in [0.3, 0.4) is 0 Å². The number of nitrogens with zero attached hydrogens (tertiary/aromatic N) is 3. The van der Waals surface area contributed by atoms with Crippen LogP contribution in [0.2, 0.25) is 0 Å². The highest BCUT2D eigenvalue weighted by atomic mass is 32.2. The van der Waals surface area contributed by atoms with E-state index in [4.69, 9.17) is 5.26 Å². The number of nitrogens with one attached hydrogen (secondary N) is 1. The number of benzene rings is 1. The van der Waals surface area contributed by atoms with Crippen LogP contribution in [0.1, 0.15) is 11.3 Å². The Labute approximate surface area is 150 Å². The van der Waals surface area contributed by atoms with E-state index in [1.54, 1.807) is 16.0 Å². The zero-order valence-electron chi connectivity index (χ0n) is 13.5. The largest absolute Gasteiger partial charge is 0.268 e. The second kappa shape index (κ2) is 7.19. The van der Waals surface area contributed by atoms with Crippen LogP contribution in [0.5, 0.6) is 0 Å². The highest BCUT2D eigenvalue weighted by Crippen LogP contribution is 2.23. The summed E-state index contributed by atoms with van der Waals surface area (Å²) in [6.07, 6.45) is 0. The van der Waals surface area contributed by atoms with Gasteiger partial charge in [-0.15, -0.1) is 11.3 Å². The number of aromatic nitrogens is 2. The molecule has 0 spiro atoms. The average Bonchev–Trinajstić information content (AvgIpc) is 3.25. The predicted molar refractivity (Wildman–Crippen MR) is 96.6 cm³/mol. The zero-order valence-corrected chi connectivity index (χ0v) is 15.1. The molecule has 0 bridgehead atoms. The lowest BCUT2D eigenvalue weighted by atomic mass is 10.2. The third-order valence-corrected chi connectivity index (χ3v) is 6.03. The summed E-state index contributed by atoms with van der Waals surface area (Å²) in [5, 5.41) is 15.3. The maximum Gasteiger partial charge on any atom is 0.240 e. The Hall–Kier alpha value is -2.47. The van der Waals surface area contributed by atoms with Crippen LogP contribution < -0.4 is 4.72 Å². The lowest BCUT2D eigenvalue weighted by Crippen LogP contribution is -2.28. The third kappa shape index (κ3) is 3.96. The topological polar surface area (TPSA) is 87.8 Å². The summed E-state index contributed by atoms with van der Waals surface area (Å²) in [5.74, 6) is 0. The first-order valence-corrected chi connectivity index (χ1v) is 9.94. The monoisotopic (exact) mass is 372 g/mol. The van der Waals surface area contributed by atoms with Crippen molar-refractivity contribution >= 4 is 21.4 Å². The molecule has 0 fully saturated rings. The summed E-state index contributed by atoms with van der Waals surface area (Å²) >= 11 is 1.62. The van der Waals surface area contributed by atoms with Gasteiger partial charge in [0.2, 0.25) is 10.0 Å². The lowest BCUT2D eigenvalue weighted by Gasteiger charge is -2.08. The van der Waals surface area contributed by atoms with Gasteiger partial charge in [-0.1, -0.05) is 6.07 Å². The van der Waals surface area contributed by atoms with Gasteiger partial charge in [0.1, 0.15) is 5.69 Å². The van der Waals surface area contributed by atoms with Gasteiger partial charge in [-0.2, -0.15) is 10.4 Å². The predicted octanol–water partition coefficient (Wildman–Crippen LogP) is 2.77. The molecule has 2 heterocycles. The number of nitriles is 1. The number of hydrogen-bond donors (Lipinski definition) is 1. The highest BCUT2D eigenvalue weighted by molar-refractivity contribution is 7.89. The Bertz CT molecular complexity index is 998. The minimum atomic E-state index is -3.60. The molecule has 0 amide bonds. The highest BCUT2D eigenvalue weighted by Gasteiger charge is 2.14. The van der Waals surface area contributed by atoms with E-state index in [1.165, 1.54) is 24.3 Å². The van der Waals surface area contributed by atoms with Crippen LogP contribution in [-0.4, -0.2) is 24.7 Å². The average molecular weight is 372 g/mol. The van der Waals surface area contributed by atoms with Gasteiger partial charge in [0.05, 0.1) is 28.0 Å². The Kier molecular flexibility index (Phi) is 4.99. The summed E-state index contributed by atoms with van der Waals surface area (Å²) < 4.78 is 28.9. The van der Waals surface area contributed by atoms with Crippen molar-refractivity contribution in [3.63, 3.8) is 0 Å². The molecule has 6 nitrogen and oxygen atoms in total. The molecule has 1 aromatic carbocycles. The molecule has 25 heavy (non-hydrogen) atoms. The van der Waals surface area contributed by atoms with Crippen molar-refractivity contribution in [1.82, 2.24) is 14.5 Å². The van der Waals surface area contributed by atoms with Crippen molar-refractivity contribution in [2.45, 2.75) is 18.4 Å². The number of aryl methyl sites for hydroxylation is 1. The Balaban J connectivity index is 1.65. The van der Waals surface area contributed by atoms with Gasteiger partial charge in [0, 0.05) is 12.2 Å². The van der Waals surface area contributed by atoms with E-state index in [9.17, 15) is 8.42 Å². The molecule has 1 N–H and O–H groups in total. The molecule has 2 aromatic heterocycles. The van der Waals surface area contributed by atoms with Crippen LogP contribution in [0, 0.1) is 18.3 Å². The molecular weight excluding hydrogens is 356 g/mol. The maximum atomic E-state index is 12.3. The third-order valence-electron chi connectivity index (χ3n) is 3.66. The summed E-state index contributed by atoms with van der Waals surface area (Å²) in [6.45, 7) is 2.61. The van der Waals surface area contributed by atoms with Gasteiger partial charge >= 0.3 is 0 Å². The molecule has 0 saturated heterocycles. The van der Waals surface area contributed by atoms with E-state index in [1.807, 2.05) is 36.6 Å². The number of hydrogen-bond acceptors (Lipinski definition) is 5. The summed E-state index contributed by atoms with van der Waals surface area (Å²) in [4.78, 5) is 1.22. The summed E-state index contributed by atoms with van der Waals surface area (Å²) in [6, 6.07) is 13.8. The number of thiophene rings is 1. The molecule has 128 valence electrons. The fourth-order valence-corrected chi connectivity index (χ4v) is 4.06. The van der Waals surface area contributed by atoms with Crippen LogP contribution in [0.25, 0.3) is 10.6 Å². The fraction of sp³-hybridized carbons (Fsp3) is 0.176. The molecule has 0 aliphatic rings. The molecule has 8 heteroatoms. The normalized spacial score (nSPS) is 11.4. The minimum Gasteiger partial charge on any atom is -0.268 e. The van der Waals surface area contributed by atoms with Crippen molar-refractivity contribution in [2.24, 2.45) is 0 Å². The SMILES string of the molecule is Cc1cc(-c2cccs2)nn1CCNS(=O)(=O)c1ccc(C#N)cc1. The first-order valence-electron chi connectivity index (χ1n) is 7.58. The van der Waals surface area contributed by atoms with E-state index in [0.29, 0.717) is 12.1 Å². The minimum absolute atomic E-state index is 0.142. The smallest absolute Gasteiger partial charge is 0.240 e.